The molecule has 1 aromatic rings. The van der Waals surface area contributed by atoms with Gasteiger partial charge in [-0.3, -0.25) is 14.4 Å². The van der Waals surface area contributed by atoms with E-state index in [0.29, 0.717) is 37.9 Å². The summed E-state index contributed by atoms with van der Waals surface area (Å²) in [6.45, 7) is 0.799. The fraction of sp³-hybridized carbons (Fsp3) is 0.444. The lowest BCUT2D eigenvalue weighted by Crippen LogP contribution is -2.41. The first kappa shape index (κ1) is 21.5. The van der Waals surface area contributed by atoms with Crippen molar-refractivity contribution >= 4 is 23.4 Å². The Morgan fingerprint density at radius 2 is 1.89 bits per heavy atom. The van der Waals surface area contributed by atoms with Crippen molar-refractivity contribution in [3.63, 3.8) is 0 Å². The first-order valence-corrected chi connectivity index (χ1v) is 8.52. The third-order valence-electron chi connectivity index (χ3n) is 4.61. The second kappa shape index (κ2) is 8.51. The molecular weight excluding hydrogens is 381 g/mol. The van der Waals surface area contributed by atoms with Crippen LogP contribution in [0.3, 0.4) is 0 Å². The summed E-state index contributed by atoms with van der Waals surface area (Å²) in [7, 11) is 0. The van der Waals surface area contributed by atoms with Crippen LogP contribution in [0.5, 0.6) is 0 Å². The van der Waals surface area contributed by atoms with Crippen LogP contribution < -0.4 is 5.73 Å². The predicted octanol–water partition coefficient (Wildman–Crippen LogP) is 1.82. The number of carbonyl (C=O) groups is 4. The minimum absolute atomic E-state index is 0.0192. The van der Waals surface area contributed by atoms with Crippen LogP contribution in [0, 0.1) is 0 Å². The largest absolute Gasteiger partial charge is 0.490 e. The molecule has 1 amide bonds. The maximum absolute atomic E-state index is 12.6. The van der Waals surface area contributed by atoms with E-state index in [1.807, 2.05) is 12.1 Å². The number of ketones is 2. The highest BCUT2D eigenvalue weighted by Gasteiger charge is 2.39. The molecule has 152 valence electrons. The Morgan fingerprint density at radius 1 is 1.25 bits per heavy atom. The van der Waals surface area contributed by atoms with Crippen molar-refractivity contribution in [1.82, 2.24) is 4.90 Å². The molecule has 0 unspecified atom stereocenters. The zero-order valence-corrected chi connectivity index (χ0v) is 14.8. The second-order valence-electron chi connectivity index (χ2n) is 6.47. The number of halogens is 3. The molecule has 3 rings (SSSR count). The Bertz CT molecular complexity index is 807. The lowest BCUT2D eigenvalue weighted by atomic mass is 10.0. The summed E-state index contributed by atoms with van der Waals surface area (Å²) < 4.78 is 31.7. The van der Waals surface area contributed by atoms with Crippen molar-refractivity contribution in [2.45, 2.75) is 51.0 Å². The molecule has 1 fully saturated rings. The van der Waals surface area contributed by atoms with Crippen LogP contribution in [0.25, 0.3) is 0 Å². The fourth-order valence-electron chi connectivity index (χ4n) is 3.25. The molecule has 3 N–H and O–H groups in total. The van der Waals surface area contributed by atoms with Gasteiger partial charge in [-0.2, -0.15) is 13.2 Å². The van der Waals surface area contributed by atoms with E-state index in [4.69, 9.17) is 15.6 Å². The molecule has 1 heterocycles. The lowest BCUT2D eigenvalue weighted by Gasteiger charge is -2.25. The van der Waals surface area contributed by atoms with E-state index in [2.05, 4.69) is 0 Å². The van der Waals surface area contributed by atoms with Crippen molar-refractivity contribution in [3.8, 4) is 0 Å². The standard InChI is InChI=1S/C16H18N2O3.C2HF3O2/c17-8-10-3-1-5-12-13(10)9-18(16(12)21)14-6-2-4-11(19)7-15(14)20;3-2(4,5)1(6)7/h1,3,5,14H,2,4,6-9,17H2;(H,6,7)/t14-;/m0./s1. The fourth-order valence-corrected chi connectivity index (χ4v) is 3.25. The van der Waals surface area contributed by atoms with Gasteiger partial charge in [0.05, 0.1) is 12.5 Å². The van der Waals surface area contributed by atoms with E-state index in [9.17, 15) is 27.6 Å². The normalized spacial score (nSPS) is 19.6. The minimum atomic E-state index is -5.08. The van der Waals surface area contributed by atoms with Crippen molar-refractivity contribution in [3.05, 3.63) is 34.9 Å². The topological polar surface area (TPSA) is 118 Å². The van der Waals surface area contributed by atoms with Gasteiger partial charge in [-0.05, 0) is 30.0 Å². The molecule has 7 nitrogen and oxygen atoms in total. The number of nitrogens with two attached hydrogens (primary N) is 1. The number of carboxylic acids is 1. The van der Waals surface area contributed by atoms with E-state index < -0.39 is 18.2 Å². The Balaban J connectivity index is 0.000000345. The van der Waals surface area contributed by atoms with Gasteiger partial charge in [0.1, 0.15) is 5.78 Å². The maximum Gasteiger partial charge on any atom is 0.490 e. The second-order valence-corrected chi connectivity index (χ2v) is 6.47. The Hall–Kier alpha value is -2.75. The van der Waals surface area contributed by atoms with Crippen LogP contribution in [0.2, 0.25) is 0 Å². The predicted molar refractivity (Wildman–Crippen MR) is 90.2 cm³/mol. The maximum atomic E-state index is 12.6. The number of benzene rings is 1. The zero-order chi connectivity index (χ0) is 21.1. The number of nitrogens with zero attached hydrogens (tertiary/aromatic N) is 1. The molecule has 0 spiro atoms. The summed E-state index contributed by atoms with van der Waals surface area (Å²) in [5.41, 5.74) is 8.23. The van der Waals surface area contributed by atoms with Crippen LogP contribution in [0.1, 0.15) is 47.2 Å². The Morgan fingerprint density at radius 3 is 2.46 bits per heavy atom. The highest BCUT2D eigenvalue weighted by atomic mass is 19.4. The molecule has 1 atom stereocenters. The van der Waals surface area contributed by atoms with E-state index in [-0.39, 0.29) is 23.9 Å². The van der Waals surface area contributed by atoms with Crippen LogP contribution in [0.4, 0.5) is 13.2 Å². The SMILES string of the molecule is NCc1cccc2c1CN([C@H]1CCCC(=O)CC1=O)C2=O.O=C(O)C(F)(F)F. The van der Waals surface area contributed by atoms with Crippen LogP contribution in [-0.2, 0) is 27.5 Å². The number of carbonyl (C=O) groups excluding carboxylic acids is 3. The number of hydrogen-bond acceptors (Lipinski definition) is 5. The van der Waals surface area contributed by atoms with E-state index in [1.54, 1.807) is 11.0 Å². The summed E-state index contributed by atoms with van der Waals surface area (Å²) in [6, 6.07) is 5.04. The van der Waals surface area contributed by atoms with Gasteiger partial charge in [-0.15, -0.1) is 0 Å². The average molecular weight is 400 g/mol. The molecule has 0 saturated heterocycles. The molecule has 0 aromatic heterocycles. The molecule has 10 heteroatoms. The Kier molecular flexibility index (Phi) is 6.55. The molecule has 28 heavy (non-hydrogen) atoms. The van der Waals surface area contributed by atoms with Gasteiger partial charge in [0.25, 0.3) is 5.91 Å². The average Bonchev–Trinajstić information content (AvgIpc) is 2.84. The minimum Gasteiger partial charge on any atom is -0.475 e. The number of aliphatic carboxylic acids is 1. The summed E-state index contributed by atoms with van der Waals surface area (Å²) >= 11 is 0. The highest BCUT2D eigenvalue weighted by Crippen LogP contribution is 2.30. The van der Waals surface area contributed by atoms with Gasteiger partial charge < -0.3 is 15.7 Å². The molecule has 0 radical (unpaired) electrons. The molecule has 1 aliphatic heterocycles. The number of fused-ring (bicyclic) bond motifs is 1. The van der Waals surface area contributed by atoms with Crippen molar-refractivity contribution in [1.29, 1.82) is 0 Å². The van der Waals surface area contributed by atoms with Gasteiger partial charge >= 0.3 is 12.1 Å². The molecule has 1 aromatic carbocycles. The summed E-state index contributed by atoms with van der Waals surface area (Å²) in [4.78, 5) is 46.8. The van der Waals surface area contributed by atoms with Gasteiger partial charge in [0.15, 0.2) is 5.78 Å². The molecular formula is C18H19F3N2O5. The quantitative estimate of drug-likeness (QED) is 0.578. The van der Waals surface area contributed by atoms with Crippen LogP contribution in [0.15, 0.2) is 18.2 Å². The summed E-state index contributed by atoms with van der Waals surface area (Å²) in [5, 5.41) is 7.12. The smallest absolute Gasteiger partial charge is 0.475 e. The molecule has 2 aliphatic rings. The number of Topliss-reactive ketones (excluding diaryl/α,β-unsaturated/α-hetero) is 2. The summed E-state index contributed by atoms with van der Waals surface area (Å²) in [5.74, 6) is -3.03. The molecule has 1 saturated carbocycles. The van der Waals surface area contributed by atoms with Crippen molar-refractivity contribution in [2.24, 2.45) is 5.73 Å². The molecule has 0 bridgehead atoms. The number of carboxylic acid groups (broad SMARTS) is 1. The van der Waals surface area contributed by atoms with Gasteiger partial charge in [0.2, 0.25) is 0 Å². The number of rotatable bonds is 2. The first-order chi connectivity index (χ1) is 13.1. The van der Waals surface area contributed by atoms with E-state index in [1.165, 1.54) is 0 Å². The highest BCUT2D eigenvalue weighted by molar-refractivity contribution is 6.06. The zero-order valence-electron chi connectivity index (χ0n) is 14.8. The van der Waals surface area contributed by atoms with Gasteiger partial charge in [0, 0.05) is 25.1 Å². The van der Waals surface area contributed by atoms with Crippen molar-refractivity contribution in [2.75, 3.05) is 0 Å². The van der Waals surface area contributed by atoms with E-state index in [0.717, 1.165) is 11.1 Å². The number of alkyl halides is 3. The third kappa shape index (κ3) is 4.75. The third-order valence-corrected chi connectivity index (χ3v) is 4.61. The van der Waals surface area contributed by atoms with Gasteiger partial charge in [-0.25, -0.2) is 4.79 Å². The number of hydrogen-bond donors (Lipinski definition) is 2. The number of amides is 1. The first-order valence-electron chi connectivity index (χ1n) is 8.52. The van der Waals surface area contributed by atoms with Crippen LogP contribution >= 0.6 is 0 Å². The lowest BCUT2D eigenvalue weighted by molar-refractivity contribution is -0.192. The van der Waals surface area contributed by atoms with Crippen LogP contribution in [-0.4, -0.2) is 45.7 Å². The monoisotopic (exact) mass is 400 g/mol. The molecule has 1 aliphatic carbocycles. The Labute approximate surface area is 158 Å². The van der Waals surface area contributed by atoms with Crippen molar-refractivity contribution < 1.29 is 37.5 Å². The van der Waals surface area contributed by atoms with Gasteiger partial charge in [-0.1, -0.05) is 12.1 Å². The van der Waals surface area contributed by atoms with E-state index >= 15 is 0 Å². The summed E-state index contributed by atoms with van der Waals surface area (Å²) in [6.07, 6.45) is -3.46.